The number of hydrogen-bond acceptors (Lipinski definition) is 8. The topological polar surface area (TPSA) is 161 Å². The first-order valence-electron chi connectivity index (χ1n) is 21.6. The molecule has 0 aliphatic carbocycles. The molecule has 0 rings (SSSR count). The van der Waals surface area contributed by atoms with Crippen molar-refractivity contribution in [3.8, 4) is 0 Å². The Kier molecular flexibility index (Phi) is 53.5. The van der Waals surface area contributed by atoms with E-state index in [9.17, 15) is 37.8 Å². The Bertz CT molecular complexity index is 779. The van der Waals surface area contributed by atoms with Crippen molar-refractivity contribution in [3.63, 3.8) is 0 Å². The Labute approximate surface area is 346 Å². The van der Waals surface area contributed by atoms with Gasteiger partial charge in [-0.25, -0.2) is 0 Å². The van der Waals surface area contributed by atoms with Crippen LogP contribution in [0, 0.1) is 0 Å². The minimum Gasteiger partial charge on any atom is -0.799 e. The molecule has 0 saturated carbocycles. The van der Waals surface area contributed by atoms with Crippen LogP contribution >= 0.6 is 29.5 Å². The van der Waals surface area contributed by atoms with Gasteiger partial charge in [-0.1, -0.05) is 158 Å². The van der Waals surface area contributed by atoms with Gasteiger partial charge in [0.1, 0.15) is 0 Å². The average Bonchev–Trinajstić information content (AvgIpc) is 3.10. The first kappa shape index (κ1) is 63.6. The Balaban J connectivity index is -0.000000192. The maximum Gasteiger partial charge on any atom is 4.00 e. The number of unbranched alkanes of at least 4 members (excludes halogenated alkanes) is 16. The van der Waals surface area contributed by atoms with Crippen LogP contribution in [0.25, 0.3) is 0 Å². The van der Waals surface area contributed by atoms with Crippen molar-refractivity contribution < 1.29 is 59.6 Å². The summed E-state index contributed by atoms with van der Waals surface area (Å²) in [5.74, 6) is 0. The summed E-state index contributed by atoms with van der Waals surface area (Å²) in [5, 5.41) is 0. The van der Waals surface area contributed by atoms with Gasteiger partial charge in [-0.05, 0) is 101 Å². The second-order valence-electron chi connectivity index (χ2n) is 14.7. The standard InChI is InChI=1S/4C10H23O2P.Ti/c4*1-3-5-7-8-10-13(11,12)9-6-4-2;/h4*3-10H2,1-2H3,(H,11,12);/q;;;;+4/p-4. The summed E-state index contributed by atoms with van der Waals surface area (Å²) in [4.78, 5) is 45.5. The molecular formula is C40H88O8P4Ti. The number of rotatable bonds is 32. The molecule has 0 fully saturated rings. The van der Waals surface area contributed by atoms with Gasteiger partial charge < -0.3 is 37.8 Å². The predicted octanol–water partition coefficient (Wildman–Crippen LogP) is 12.0. The van der Waals surface area contributed by atoms with E-state index in [1.807, 2.05) is 27.7 Å². The van der Waals surface area contributed by atoms with Crippen molar-refractivity contribution in [1.82, 2.24) is 0 Å². The molecule has 53 heavy (non-hydrogen) atoms. The van der Waals surface area contributed by atoms with Crippen molar-refractivity contribution in [2.75, 3.05) is 49.3 Å². The third-order valence-electron chi connectivity index (χ3n) is 8.82. The van der Waals surface area contributed by atoms with Crippen molar-refractivity contribution in [2.24, 2.45) is 0 Å². The molecule has 0 spiro atoms. The molecule has 0 heterocycles. The summed E-state index contributed by atoms with van der Waals surface area (Å²) in [6.45, 7) is 16.6. The molecule has 0 aromatic carbocycles. The van der Waals surface area contributed by atoms with Gasteiger partial charge in [-0.2, -0.15) is 0 Å². The molecular weight excluding hydrogens is 780 g/mol. The van der Waals surface area contributed by atoms with Gasteiger partial charge in [0.2, 0.25) is 0 Å². The molecule has 8 nitrogen and oxygen atoms in total. The molecule has 0 radical (unpaired) electrons. The molecule has 0 aliphatic heterocycles. The summed E-state index contributed by atoms with van der Waals surface area (Å²) in [5.41, 5.74) is 0. The summed E-state index contributed by atoms with van der Waals surface area (Å²) < 4.78 is 45.5. The van der Waals surface area contributed by atoms with Crippen LogP contribution in [0.2, 0.25) is 0 Å². The fraction of sp³-hybridized carbons (Fsp3) is 1.00. The van der Waals surface area contributed by atoms with Gasteiger partial charge in [-0.15, -0.1) is 0 Å². The van der Waals surface area contributed by atoms with Crippen LogP contribution in [0.3, 0.4) is 0 Å². The van der Waals surface area contributed by atoms with Gasteiger partial charge in [0.25, 0.3) is 0 Å². The van der Waals surface area contributed by atoms with E-state index >= 15 is 0 Å². The maximum atomic E-state index is 11.4. The zero-order chi connectivity index (χ0) is 40.6. The van der Waals surface area contributed by atoms with E-state index in [2.05, 4.69) is 27.7 Å². The summed E-state index contributed by atoms with van der Waals surface area (Å²) in [6.07, 6.45) is 27.5. The van der Waals surface area contributed by atoms with Crippen molar-refractivity contribution in [3.05, 3.63) is 0 Å². The molecule has 0 amide bonds. The molecule has 0 aromatic heterocycles. The van der Waals surface area contributed by atoms with Crippen LogP contribution in [0.4, 0.5) is 0 Å². The van der Waals surface area contributed by atoms with E-state index in [1.54, 1.807) is 0 Å². The van der Waals surface area contributed by atoms with Crippen LogP contribution < -0.4 is 19.6 Å². The zero-order valence-corrected chi connectivity index (χ0v) is 41.3. The summed E-state index contributed by atoms with van der Waals surface area (Å²) in [6, 6.07) is 0. The van der Waals surface area contributed by atoms with E-state index < -0.39 is 29.5 Å². The second-order valence-corrected chi connectivity index (χ2v) is 24.8. The minimum absolute atomic E-state index is 0. The largest absolute Gasteiger partial charge is 4.00 e. The molecule has 13 heteroatoms. The Morgan fingerprint density at radius 2 is 0.377 bits per heavy atom. The van der Waals surface area contributed by atoms with Gasteiger partial charge in [0, 0.05) is 29.5 Å². The van der Waals surface area contributed by atoms with Crippen LogP contribution in [0.5, 0.6) is 0 Å². The fourth-order valence-electron chi connectivity index (χ4n) is 5.16. The van der Waals surface area contributed by atoms with Crippen LogP contribution in [0.1, 0.15) is 209 Å². The molecule has 0 saturated heterocycles. The molecule has 0 aromatic rings. The van der Waals surface area contributed by atoms with Crippen LogP contribution in [-0.2, 0) is 40.0 Å². The zero-order valence-electron chi connectivity index (χ0n) is 36.2. The average molecular weight is 869 g/mol. The Hall–Kier alpha value is 1.47. The van der Waals surface area contributed by atoms with E-state index in [1.165, 1.54) is 0 Å². The van der Waals surface area contributed by atoms with Crippen LogP contribution in [0.15, 0.2) is 0 Å². The SMILES string of the molecule is CCCCCCP(=O)([O-])CCCC.CCCCCCP(=O)([O-])CCCC.CCCCCCP(=O)([O-])CCCC.CCCCCCP(=O)([O-])CCCC.[Ti+4]. The van der Waals surface area contributed by atoms with E-state index in [0.29, 0.717) is 49.3 Å². The third kappa shape index (κ3) is 57.9. The van der Waals surface area contributed by atoms with Gasteiger partial charge in [0.05, 0.1) is 0 Å². The van der Waals surface area contributed by atoms with E-state index in [0.717, 1.165) is 154 Å². The van der Waals surface area contributed by atoms with Gasteiger partial charge >= 0.3 is 21.7 Å². The Morgan fingerprint density at radius 3 is 0.509 bits per heavy atom. The monoisotopic (exact) mass is 868 g/mol. The first-order chi connectivity index (χ1) is 24.5. The minimum atomic E-state index is -3.00. The van der Waals surface area contributed by atoms with Gasteiger partial charge in [-0.3, -0.25) is 0 Å². The molecule has 0 N–H and O–H groups in total. The molecule has 320 valence electrons. The molecule has 0 aliphatic rings. The van der Waals surface area contributed by atoms with Crippen LogP contribution in [-0.4, -0.2) is 49.3 Å². The third-order valence-corrected chi connectivity index (χ3v) is 16.8. The maximum absolute atomic E-state index is 11.4. The smallest absolute Gasteiger partial charge is 0.799 e. The second kappa shape index (κ2) is 44.6. The summed E-state index contributed by atoms with van der Waals surface area (Å²) in [7, 11) is -12.0. The Morgan fingerprint density at radius 1 is 0.245 bits per heavy atom. The van der Waals surface area contributed by atoms with Gasteiger partial charge in [0.15, 0.2) is 0 Å². The van der Waals surface area contributed by atoms with Crippen molar-refractivity contribution in [1.29, 1.82) is 0 Å². The number of hydrogen-bond donors (Lipinski definition) is 0. The fourth-order valence-corrected chi connectivity index (χ4v) is 12.1. The normalized spacial score (nSPS) is 15.3. The van der Waals surface area contributed by atoms with E-state index in [-0.39, 0.29) is 21.7 Å². The quantitative estimate of drug-likeness (QED) is 0.0367. The molecule has 0 bridgehead atoms. The van der Waals surface area contributed by atoms with E-state index in [4.69, 9.17) is 0 Å². The molecule has 4 atom stereocenters. The van der Waals surface area contributed by atoms with Crippen molar-refractivity contribution >= 4 is 29.5 Å². The predicted molar refractivity (Wildman–Crippen MR) is 226 cm³/mol. The first-order valence-corrected chi connectivity index (χ1v) is 29.6. The van der Waals surface area contributed by atoms with Crippen molar-refractivity contribution in [2.45, 2.75) is 209 Å². The summed E-state index contributed by atoms with van der Waals surface area (Å²) >= 11 is 0. The molecule has 4 unspecified atom stereocenters.